The largest absolute Gasteiger partial charge is 0.527 e. The average molecular weight is 480 g/mol. The minimum absolute atomic E-state index is 0.126. The highest BCUT2D eigenvalue weighted by Crippen LogP contribution is 2.37. The van der Waals surface area contributed by atoms with E-state index in [-0.39, 0.29) is 23.6 Å². The molecule has 0 unspecified atom stereocenters. The Labute approximate surface area is 192 Å². The normalized spacial score (nSPS) is 13.2. The number of Topliss-reactive ketones (excluding diaryl/α,β-unsaturated/α-hetero) is 1. The fraction of sp³-hybridized carbons (Fsp3) is 0.364. The number of rotatable bonds is 12. The number of carbonyl (C=O) groups excluding carboxylic acids is 2. The Bertz CT molecular complexity index is 981. The Balaban J connectivity index is 2.42. The standard InChI is InChI=1S/C22H29N2O8P/c1-5-30-23(18-12-8-7-9-13-18)16(3)21(25)19-14-10-11-15-20(19)24(31-6-2)17(4)22(26)32-33(27,28)29/h7-17H,5-6H2,1-4H3,(H2,27,28,29)/t16-,17-/m0/s1. The number of carbonyl (C=O) groups is 2. The van der Waals surface area contributed by atoms with Crippen LogP contribution >= 0.6 is 7.82 Å². The van der Waals surface area contributed by atoms with E-state index in [1.165, 1.54) is 12.0 Å². The van der Waals surface area contributed by atoms with E-state index in [1.807, 2.05) is 37.3 Å². The zero-order chi connectivity index (χ0) is 24.6. The maximum atomic E-state index is 13.5. The molecule has 2 aromatic rings. The van der Waals surface area contributed by atoms with E-state index in [2.05, 4.69) is 4.52 Å². The van der Waals surface area contributed by atoms with Crippen molar-refractivity contribution in [1.82, 2.24) is 0 Å². The highest BCUT2D eigenvalue weighted by molar-refractivity contribution is 7.46. The first-order chi connectivity index (χ1) is 15.6. The van der Waals surface area contributed by atoms with Crippen LogP contribution in [0.25, 0.3) is 0 Å². The smallest absolute Gasteiger partial charge is 0.369 e. The van der Waals surface area contributed by atoms with Gasteiger partial charge in [0, 0.05) is 5.56 Å². The SMILES string of the molecule is CCON(c1ccccc1)[C@@H](C)C(=O)c1ccccc1N(OCC)[C@@H](C)C(=O)OP(=O)(O)O. The number of hydroxylamine groups is 2. The van der Waals surface area contributed by atoms with E-state index in [4.69, 9.17) is 19.5 Å². The van der Waals surface area contributed by atoms with Crippen LogP contribution in [0, 0.1) is 0 Å². The Morgan fingerprint density at radius 2 is 1.42 bits per heavy atom. The van der Waals surface area contributed by atoms with Crippen molar-refractivity contribution in [3.8, 4) is 0 Å². The van der Waals surface area contributed by atoms with Crippen molar-refractivity contribution in [3.05, 3.63) is 60.2 Å². The molecule has 0 aliphatic heterocycles. The third-order valence-corrected chi connectivity index (χ3v) is 5.00. The number of hydrogen-bond donors (Lipinski definition) is 2. The lowest BCUT2D eigenvalue weighted by molar-refractivity contribution is -0.138. The second-order valence-corrected chi connectivity index (χ2v) is 8.12. The molecule has 0 bridgehead atoms. The minimum atomic E-state index is -5.05. The van der Waals surface area contributed by atoms with Crippen LogP contribution in [0.3, 0.4) is 0 Å². The molecule has 180 valence electrons. The number of para-hydroxylation sites is 2. The maximum Gasteiger partial charge on any atom is 0.527 e. The topological polar surface area (TPSA) is 126 Å². The summed E-state index contributed by atoms with van der Waals surface area (Å²) in [6.45, 7) is 7.00. The van der Waals surface area contributed by atoms with Gasteiger partial charge >= 0.3 is 13.8 Å². The Morgan fingerprint density at radius 1 is 0.879 bits per heavy atom. The maximum absolute atomic E-state index is 13.5. The van der Waals surface area contributed by atoms with Gasteiger partial charge in [-0.25, -0.2) is 19.5 Å². The van der Waals surface area contributed by atoms with Crippen molar-refractivity contribution in [3.63, 3.8) is 0 Å². The zero-order valence-corrected chi connectivity index (χ0v) is 19.8. The van der Waals surface area contributed by atoms with E-state index in [1.54, 1.807) is 38.1 Å². The lowest BCUT2D eigenvalue weighted by Crippen LogP contribution is -2.43. The van der Waals surface area contributed by atoms with Crippen molar-refractivity contribution in [2.24, 2.45) is 0 Å². The molecule has 2 aromatic carbocycles. The number of phosphoric acid groups is 1. The summed E-state index contributed by atoms with van der Waals surface area (Å²) in [5.41, 5.74) is 1.17. The Kier molecular flexibility index (Phi) is 9.57. The van der Waals surface area contributed by atoms with Gasteiger partial charge in [-0.15, -0.1) is 0 Å². The third kappa shape index (κ3) is 7.12. The molecule has 0 fully saturated rings. The molecule has 11 heteroatoms. The lowest BCUT2D eigenvalue weighted by Gasteiger charge is -2.32. The first-order valence-electron chi connectivity index (χ1n) is 10.4. The Hall–Kier alpha value is -2.75. The van der Waals surface area contributed by atoms with Crippen molar-refractivity contribution < 1.29 is 38.1 Å². The number of phosphoric ester groups is 1. The van der Waals surface area contributed by atoms with Gasteiger partial charge in [-0.3, -0.25) is 24.3 Å². The van der Waals surface area contributed by atoms with E-state index < -0.39 is 25.9 Å². The minimum Gasteiger partial charge on any atom is -0.369 e. The van der Waals surface area contributed by atoms with Crippen LogP contribution in [0.2, 0.25) is 0 Å². The number of benzene rings is 2. The highest BCUT2D eigenvalue weighted by Gasteiger charge is 2.33. The fourth-order valence-corrected chi connectivity index (χ4v) is 3.53. The van der Waals surface area contributed by atoms with Crippen molar-refractivity contribution in [2.45, 2.75) is 39.8 Å². The lowest BCUT2D eigenvalue weighted by atomic mass is 10.0. The summed E-state index contributed by atoms with van der Waals surface area (Å²) in [5, 5.41) is 2.63. The molecule has 2 rings (SSSR count). The molecule has 0 aliphatic carbocycles. The zero-order valence-electron chi connectivity index (χ0n) is 19.0. The number of ketones is 1. The summed E-state index contributed by atoms with van der Waals surface area (Å²) in [7, 11) is -5.05. The second kappa shape index (κ2) is 11.9. The van der Waals surface area contributed by atoms with Gasteiger partial charge in [-0.2, -0.15) is 0 Å². The van der Waals surface area contributed by atoms with Gasteiger partial charge in [-0.1, -0.05) is 30.3 Å². The van der Waals surface area contributed by atoms with Crippen LogP contribution in [-0.2, 0) is 23.6 Å². The van der Waals surface area contributed by atoms with Gasteiger partial charge in [0.2, 0.25) is 0 Å². The predicted molar refractivity (Wildman–Crippen MR) is 122 cm³/mol. The number of hydrogen-bond acceptors (Lipinski definition) is 8. The highest BCUT2D eigenvalue weighted by atomic mass is 31.2. The Morgan fingerprint density at radius 3 is 2.00 bits per heavy atom. The molecular formula is C22H29N2O8P. The first kappa shape index (κ1) is 26.5. The van der Waals surface area contributed by atoms with E-state index in [9.17, 15) is 14.2 Å². The van der Waals surface area contributed by atoms with Crippen LogP contribution in [0.4, 0.5) is 11.4 Å². The van der Waals surface area contributed by atoms with Crippen molar-refractivity contribution >= 4 is 31.0 Å². The van der Waals surface area contributed by atoms with Gasteiger partial charge in [0.05, 0.1) is 24.6 Å². The van der Waals surface area contributed by atoms with E-state index in [0.717, 1.165) is 5.06 Å². The predicted octanol–water partition coefficient (Wildman–Crippen LogP) is 3.50. The fourth-order valence-electron chi connectivity index (χ4n) is 3.15. The average Bonchev–Trinajstić information content (AvgIpc) is 2.79. The molecule has 0 radical (unpaired) electrons. The molecule has 0 heterocycles. The molecule has 0 aliphatic rings. The molecule has 0 aromatic heterocycles. The van der Waals surface area contributed by atoms with Gasteiger partial charge in [-0.05, 0) is 52.0 Å². The van der Waals surface area contributed by atoms with Crippen LogP contribution in [-0.4, -0.2) is 46.8 Å². The summed E-state index contributed by atoms with van der Waals surface area (Å²) < 4.78 is 15.3. The first-order valence-corrected chi connectivity index (χ1v) is 11.9. The molecular weight excluding hydrogens is 451 g/mol. The second-order valence-electron chi connectivity index (χ2n) is 6.96. The molecule has 2 atom stereocenters. The summed E-state index contributed by atoms with van der Waals surface area (Å²) >= 11 is 0. The molecule has 0 spiro atoms. The molecule has 2 N–H and O–H groups in total. The van der Waals surface area contributed by atoms with Crippen LogP contribution in [0.5, 0.6) is 0 Å². The molecule has 0 saturated carbocycles. The number of anilines is 2. The van der Waals surface area contributed by atoms with Crippen LogP contribution in [0.15, 0.2) is 54.6 Å². The van der Waals surface area contributed by atoms with E-state index >= 15 is 0 Å². The molecule has 10 nitrogen and oxygen atoms in total. The van der Waals surface area contributed by atoms with E-state index in [0.29, 0.717) is 12.3 Å². The van der Waals surface area contributed by atoms with Crippen molar-refractivity contribution in [1.29, 1.82) is 0 Å². The van der Waals surface area contributed by atoms with Gasteiger partial charge in [0.15, 0.2) is 11.8 Å². The van der Waals surface area contributed by atoms with Crippen LogP contribution in [0.1, 0.15) is 38.1 Å². The van der Waals surface area contributed by atoms with Gasteiger partial charge in [0.1, 0.15) is 6.04 Å². The summed E-state index contributed by atoms with van der Waals surface area (Å²) in [6.07, 6.45) is 0. The molecule has 0 saturated heterocycles. The summed E-state index contributed by atoms with van der Waals surface area (Å²) in [6, 6.07) is 13.6. The molecule has 33 heavy (non-hydrogen) atoms. The quantitative estimate of drug-likeness (QED) is 0.265. The van der Waals surface area contributed by atoms with Crippen molar-refractivity contribution in [2.75, 3.05) is 23.3 Å². The van der Waals surface area contributed by atoms with Crippen LogP contribution < -0.4 is 10.1 Å². The monoisotopic (exact) mass is 480 g/mol. The number of nitrogens with zero attached hydrogens (tertiary/aromatic N) is 2. The van der Waals surface area contributed by atoms with Gasteiger partial charge in [0.25, 0.3) is 0 Å². The van der Waals surface area contributed by atoms with Gasteiger partial charge < -0.3 is 4.52 Å². The third-order valence-electron chi connectivity index (χ3n) is 4.59. The summed E-state index contributed by atoms with van der Waals surface area (Å²) in [5.74, 6) is -1.52. The summed E-state index contributed by atoms with van der Waals surface area (Å²) in [4.78, 5) is 55.1. The molecule has 0 amide bonds.